The Morgan fingerprint density at radius 1 is 1.17 bits per heavy atom. The van der Waals surface area contributed by atoms with E-state index in [0.717, 1.165) is 18.0 Å². The van der Waals surface area contributed by atoms with E-state index < -0.39 is 32.6 Å². The van der Waals surface area contributed by atoms with E-state index in [-0.39, 0.29) is 32.0 Å². The first-order valence-corrected chi connectivity index (χ1v) is 17.8. The summed E-state index contributed by atoms with van der Waals surface area (Å²) >= 11 is 1.23. The second-order valence-corrected chi connectivity index (χ2v) is 14.7. The summed E-state index contributed by atoms with van der Waals surface area (Å²) in [5.74, 6) is -1.83. The minimum Gasteiger partial charge on any atom is -0.494 e. The molecule has 42 heavy (non-hydrogen) atoms. The van der Waals surface area contributed by atoms with Gasteiger partial charge < -0.3 is 24.2 Å². The maximum atomic E-state index is 15.3. The highest BCUT2D eigenvalue weighted by Gasteiger charge is 2.30. The molecule has 0 saturated heterocycles. The van der Waals surface area contributed by atoms with Crippen molar-refractivity contribution in [2.24, 2.45) is 0 Å². The summed E-state index contributed by atoms with van der Waals surface area (Å²) in [6, 6.07) is 15.2. The molecule has 0 fully saturated rings. The summed E-state index contributed by atoms with van der Waals surface area (Å²) in [5.41, 5.74) is 1.18. The van der Waals surface area contributed by atoms with E-state index in [9.17, 15) is 14.7 Å². The number of carbonyl (C=O) groups is 2. The van der Waals surface area contributed by atoms with Crippen LogP contribution in [0.5, 0.6) is 5.75 Å². The molecular formula is C31H43FN2O6SSi. The Morgan fingerprint density at radius 2 is 1.90 bits per heavy atom. The lowest BCUT2D eigenvalue weighted by Crippen LogP contribution is -2.37. The van der Waals surface area contributed by atoms with Crippen molar-refractivity contribution in [3.05, 3.63) is 81.1 Å². The van der Waals surface area contributed by atoms with Crippen molar-refractivity contribution in [2.45, 2.75) is 65.9 Å². The molecule has 2 aromatic carbocycles. The lowest BCUT2D eigenvalue weighted by atomic mass is 10.1. The van der Waals surface area contributed by atoms with Crippen molar-refractivity contribution in [2.75, 3.05) is 26.6 Å². The maximum Gasteiger partial charge on any atom is 0.355 e. The van der Waals surface area contributed by atoms with E-state index >= 15 is 4.39 Å². The average molecular weight is 619 g/mol. The molecule has 1 unspecified atom stereocenters. The second kappa shape index (κ2) is 17.7. The molecule has 230 valence electrons. The Bertz CT molecular complexity index is 1270. The van der Waals surface area contributed by atoms with Gasteiger partial charge in [0.2, 0.25) is 0 Å². The number of ether oxygens (including phenoxy) is 3. The van der Waals surface area contributed by atoms with Crippen molar-refractivity contribution >= 4 is 32.0 Å². The molecule has 0 aliphatic rings. The summed E-state index contributed by atoms with van der Waals surface area (Å²) in [5, 5.41) is 9.96. The predicted octanol–water partition coefficient (Wildman–Crippen LogP) is 6.50. The van der Waals surface area contributed by atoms with Crippen molar-refractivity contribution in [1.82, 2.24) is 9.88 Å². The highest BCUT2D eigenvalue weighted by molar-refractivity contribution is 7.11. The number of nitrogens with zero attached hydrogens (tertiary/aromatic N) is 2. The molecule has 1 heterocycles. The molecule has 3 aromatic rings. The third-order valence-corrected chi connectivity index (χ3v) is 8.71. The summed E-state index contributed by atoms with van der Waals surface area (Å²) in [4.78, 5) is 32.0. The van der Waals surface area contributed by atoms with Crippen molar-refractivity contribution in [3.8, 4) is 5.75 Å². The Morgan fingerprint density at radius 3 is 2.52 bits per heavy atom. The zero-order valence-corrected chi connectivity index (χ0v) is 26.1. The first kappa shape index (κ1) is 35.1. The number of amides is 1. The van der Waals surface area contributed by atoms with Crippen LogP contribution in [0.2, 0.25) is 19.1 Å². The van der Waals surface area contributed by atoms with Gasteiger partial charge in [0, 0.05) is 38.5 Å². The zero-order valence-electron chi connectivity index (χ0n) is 24.1. The van der Waals surface area contributed by atoms with Crippen LogP contribution >= 0.6 is 11.3 Å². The number of rotatable bonds is 17. The van der Waals surface area contributed by atoms with E-state index in [1.54, 1.807) is 17.9 Å². The van der Waals surface area contributed by atoms with E-state index in [0.29, 0.717) is 41.8 Å². The molecule has 0 aliphatic heterocycles. The number of hydrogen-bond acceptors (Lipinski definition) is 7. The van der Waals surface area contributed by atoms with Gasteiger partial charge in [0.15, 0.2) is 11.8 Å². The lowest BCUT2D eigenvalue weighted by molar-refractivity contribution is -0.156. The molecule has 11 heteroatoms. The Balaban J connectivity index is 0.00000616. The van der Waals surface area contributed by atoms with Gasteiger partial charge in [0.1, 0.15) is 23.4 Å². The fourth-order valence-corrected chi connectivity index (χ4v) is 5.78. The highest BCUT2D eigenvalue weighted by Crippen LogP contribution is 2.28. The summed E-state index contributed by atoms with van der Waals surface area (Å²) in [7, 11) is -0.820. The molecule has 0 saturated carbocycles. The Kier molecular flexibility index (Phi) is 14.8. The number of benzene rings is 2. The second-order valence-electron chi connectivity index (χ2n) is 10.0. The monoisotopic (exact) mass is 618 g/mol. The number of carboxylic acids is 1. The van der Waals surface area contributed by atoms with E-state index in [2.05, 4.69) is 18.1 Å². The molecule has 8 nitrogen and oxygen atoms in total. The van der Waals surface area contributed by atoms with Gasteiger partial charge in [-0.25, -0.2) is 14.2 Å². The van der Waals surface area contributed by atoms with E-state index in [4.69, 9.17) is 14.2 Å². The molecule has 0 aliphatic carbocycles. The smallest absolute Gasteiger partial charge is 0.355 e. The molecule has 0 radical (unpaired) electrons. The number of aromatic nitrogens is 1. The van der Waals surface area contributed by atoms with Gasteiger partial charge >= 0.3 is 5.97 Å². The highest BCUT2D eigenvalue weighted by atomic mass is 32.1. The number of halogens is 1. The summed E-state index contributed by atoms with van der Waals surface area (Å²) < 4.78 is 32.3. The van der Waals surface area contributed by atoms with Crippen LogP contribution in [-0.2, 0) is 27.2 Å². The molecule has 0 spiro atoms. The standard InChI is InChI=1S/C30H39FN2O6SSi.CH4/c1-5-38-23-13-14-24(25(31)18-23)28(39-20-37-16-17-41(3)4)29(34)33(15-9-12-22-10-7-6-8-11-22)19-26-32-27(30(35)36)21(2)40-26;/h6-8,10-11,13-14,18,28,41H,5,9,12,15-17,19-20H2,1-4H3,(H,35,36);1H4. The van der Waals surface area contributed by atoms with Crippen LogP contribution in [-0.4, -0.2) is 62.2 Å². The number of aryl methyl sites for hydroxylation is 2. The minimum absolute atomic E-state index is 0. The van der Waals surface area contributed by atoms with Crippen LogP contribution in [0, 0.1) is 12.7 Å². The fourth-order valence-electron chi connectivity index (χ4n) is 4.20. The number of hydrogen-bond donors (Lipinski definition) is 1. The van der Waals surface area contributed by atoms with Crippen LogP contribution in [0.1, 0.15) is 58.4 Å². The van der Waals surface area contributed by atoms with Gasteiger partial charge in [-0.15, -0.1) is 11.3 Å². The van der Waals surface area contributed by atoms with Gasteiger partial charge in [-0.2, -0.15) is 0 Å². The van der Waals surface area contributed by atoms with Crippen LogP contribution in [0.4, 0.5) is 4.39 Å². The number of carbonyl (C=O) groups excluding carboxylic acids is 1. The van der Waals surface area contributed by atoms with Gasteiger partial charge in [0.05, 0.1) is 13.2 Å². The molecule has 1 atom stereocenters. The van der Waals surface area contributed by atoms with Gasteiger partial charge in [-0.05, 0) is 50.4 Å². The zero-order chi connectivity index (χ0) is 29.8. The molecular weight excluding hydrogens is 576 g/mol. The van der Waals surface area contributed by atoms with Crippen LogP contribution in [0.25, 0.3) is 0 Å². The number of aromatic carboxylic acids is 1. The van der Waals surface area contributed by atoms with Gasteiger partial charge in [0.25, 0.3) is 5.91 Å². The first-order valence-electron chi connectivity index (χ1n) is 13.8. The number of carboxylic acid groups (broad SMARTS) is 1. The van der Waals surface area contributed by atoms with Crippen molar-refractivity contribution < 1.29 is 33.3 Å². The predicted molar refractivity (Wildman–Crippen MR) is 167 cm³/mol. The van der Waals surface area contributed by atoms with Gasteiger partial charge in [-0.3, -0.25) is 4.79 Å². The first-order chi connectivity index (χ1) is 19.7. The van der Waals surface area contributed by atoms with Crippen LogP contribution in [0.15, 0.2) is 48.5 Å². The van der Waals surface area contributed by atoms with Crippen molar-refractivity contribution in [1.29, 1.82) is 0 Å². The maximum absolute atomic E-state index is 15.3. The topological polar surface area (TPSA) is 98.2 Å². The molecule has 1 N–H and O–H groups in total. The molecule has 3 rings (SSSR count). The summed E-state index contributed by atoms with van der Waals surface area (Å²) in [6.07, 6.45) is 0.103. The molecule has 1 aromatic heterocycles. The van der Waals surface area contributed by atoms with Crippen LogP contribution in [0.3, 0.4) is 0 Å². The van der Waals surface area contributed by atoms with Crippen molar-refractivity contribution in [3.63, 3.8) is 0 Å². The summed E-state index contributed by atoms with van der Waals surface area (Å²) in [6.45, 7) is 9.07. The minimum atomic E-state index is -1.27. The average Bonchev–Trinajstić information content (AvgIpc) is 3.31. The molecule has 1 amide bonds. The normalized spacial score (nSPS) is 11.7. The Labute approximate surface area is 254 Å². The number of thiazole rings is 1. The van der Waals surface area contributed by atoms with E-state index in [1.165, 1.54) is 23.5 Å². The van der Waals surface area contributed by atoms with Crippen LogP contribution < -0.4 is 4.74 Å². The lowest BCUT2D eigenvalue weighted by Gasteiger charge is -2.27. The third-order valence-electron chi connectivity index (χ3n) is 6.36. The third kappa shape index (κ3) is 10.6. The molecule has 0 bridgehead atoms. The quantitative estimate of drug-likeness (QED) is 0.105. The SMILES string of the molecule is C.CCOc1ccc(C(OCOCC[SiH](C)C)C(=O)N(CCCc2ccccc2)Cc2nc(C(=O)O)c(C)s2)c(F)c1. The largest absolute Gasteiger partial charge is 0.494 e. The fraction of sp³-hybridized carbons (Fsp3) is 0.452. The van der Waals surface area contributed by atoms with E-state index in [1.807, 2.05) is 37.3 Å². The van der Waals surface area contributed by atoms with Gasteiger partial charge in [-0.1, -0.05) is 50.9 Å². The Hall–Kier alpha value is -3.12.